The number of benzene rings is 2. The lowest BCUT2D eigenvalue weighted by molar-refractivity contribution is -0.138. The molecule has 0 aliphatic heterocycles. The zero-order valence-electron chi connectivity index (χ0n) is 14.0. The molecule has 5 heteroatoms. The quantitative estimate of drug-likeness (QED) is 0.315. The highest BCUT2D eigenvalue weighted by atomic mass is 79.9. The molecule has 4 nitrogen and oxygen atoms in total. The Balaban J connectivity index is 2.18. The molecule has 1 amide bonds. The number of amides is 1. The van der Waals surface area contributed by atoms with E-state index in [-0.39, 0.29) is 12.3 Å². The van der Waals surface area contributed by atoms with Crippen LogP contribution in [0.15, 0.2) is 89.6 Å². The van der Waals surface area contributed by atoms with Crippen molar-refractivity contribution in [3.05, 3.63) is 101 Å². The van der Waals surface area contributed by atoms with Crippen LogP contribution in [-0.2, 0) is 9.53 Å². The molecule has 0 aliphatic carbocycles. The molecule has 0 radical (unpaired) electrons. The lowest BCUT2D eigenvalue weighted by Gasteiger charge is -2.09. The van der Waals surface area contributed by atoms with Crippen molar-refractivity contribution >= 4 is 33.9 Å². The lowest BCUT2D eigenvalue weighted by Crippen LogP contribution is -2.28. The van der Waals surface area contributed by atoms with Crippen LogP contribution in [0, 0.1) is 0 Å². The Labute approximate surface area is 161 Å². The molecule has 0 unspecified atom stereocenters. The Kier molecular flexibility index (Phi) is 7.58. The molecule has 2 aromatic rings. The van der Waals surface area contributed by atoms with Crippen molar-refractivity contribution in [1.29, 1.82) is 0 Å². The van der Waals surface area contributed by atoms with E-state index in [2.05, 4.69) is 27.8 Å². The number of ether oxygens (including phenoxy) is 1. The summed E-state index contributed by atoms with van der Waals surface area (Å²) < 4.78 is 5.81. The van der Waals surface area contributed by atoms with E-state index in [1.807, 2.05) is 42.5 Å². The minimum absolute atomic E-state index is 0.0454. The van der Waals surface area contributed by atoms with Crippen LogP contribution in [0.1, 0.15) is 15.9 Å². The predicted octanol–water partition coefficient (Wildman–Crippen LogP) is 4.51. The normalized spacial score (nSPS) is 11.2. The fourth-order valence-electron chi connectivity index (χ4n) is 2.02. The first-order chi connectivity index (χ1) is 12.6. The number of hydrogen-bond acceptors (Lipinski definition) is 3. The van der Waals surface area contributed by atoms with Gasteiger partial charge in [0, 0.05) is 10.0 Å². The summed E-state index contributed by atoms with van der Waals surface area (Å²) in [5.74, 6) is -1.04. The van der Waals surface area contributed by atoms with Gasteiger partial charge in [-0.25, -0.2) is 4.79 Å². The van der Waals surface area contributed by atoms with Gasteiger partial charge in [-0.1, -0.05) is 77.1 Å². The third kappa shape index (κ3) is 6.18. The molecule has 0 saturated heterocycles. The van der Waals surface area contributed by atoms with E-state index >= 15 is 0 Å². The first-order valence-corrected chi connectivity index (χ1v) is 8.68. The Morgan fingerprint density at radius 1 is 1.12 bits per heavy atom. The number of carbonyl (C=O) groups is 2. The van der Waals surface area contributed by atoms with Crippen molar-refractivity contribution < 1.29 is 14.3 Å². The monoisotopic (exact) mass is 411 g/mol. The number of nitrogens with one attached hydrogen (secondary N) is 1. The maximum absolute atomic E-state index is 12.4. The molecular weight excluding hydrogens is 394 g/mol. The van der Waals surface area contributed by atoms with Gasteiger partial charge in [0.15, 0.2) is 0 Å². The van der Waals surface area contributed by atoms with Gasteiger partial charge in [-0.3, -0.25) is 4.79 Å². The van der Waals surface area contributed by atoms with Crippen LogP contribution in [0.4, 0.5) is 0 Å². The topological polar surface area (TPSA) is 55.4 Å². The number of carbonyl (C=O) groups excluding carboxylic acids is 2. The van der Waals surface area contributed by atoms with Crippen molar-refractivity contribution in [2.24, 2.45) is 0 Å². The first-order valence-electron chi connectivity index (χ1n) is 7.88. The first kappa shape index (κ1) is 19.4. The predicted molar refractivity (Wildman–Crippen MR) is 106 cm³/mol. The maximum atomic E-state index is 12.4. The zero-order valence-corrected chi connectivity index (χ0v) is 15.6. The average Bonchev–Trinajstić information content (AvgIpc) is 2.66. The third-order valence-corrected chi connectivity index (χ3v) is 3.73. The van der Waals surface area contributed by atoms with E-state index in [0.29, 0.717) is 5.56 Å². The zero-order chi connectivity index (χ0) is 18.8. The Morgan fingerprint density at radius 2 is 1.88 bits per heavy atom. The largest absolute Gasteiger partial charge is 0.457 e. The highest BCUT2D eigenvalue weighted by Gasteiger charge is 2.15. The molecule has 0 aliphatic rings. The van der Waals surface area contributed by atoms with E-state index in [1.165, 1.54) is 12.2 Å². The Morgan fingerprint density at radius 3 is 2.58 bits per heavy atom. The molecular formula is C21H18BrNO3. The second kappa shape index (κ2) is 10.2. The van der Waals surface area contributed by atoms with Gasteiger partial charge in [0.05, 0.1) is 0 Å². The number of hydrogen-bond donors (Lipinski definition) is 1. The molecule has 26 heavy (non-hydrogen) atoms. The summed E-state index contributed by atoms with van der Waals surface area (Å²) in [6.07, 6.45) is 6.48. The van der Waals surface area contributed by atoms with E-state index in [4.69, 9.17) is 4.74 Å². The summed E-state index contributed by atoms with van der Waals surface area (Å²) in [5.41, 5.74) is 1.44. The molecule has 2 aromatic carbocycles. The minimum Gasteiger partial charge on any atom is -0.457 e. The molecule has 0 fully saturated rings. The average molecular weight is 412 g/mol. The fourth-order valence-corrected chi connectivity index (χ4v) is 2.42. The van der Waals surface area contributed by atoms with Crippen LogP contribution in [0.25, 0.3) is 6.08 Å². The Bertz CT molecular complexity index is 841. The molecule has 0 bridgehead atoms. The summed E-state index contributed by atoms with van der Waals surface area (Å²) in [6, 6.07) is 16.5. The number of rotatable bonds is 7. The fraction of sp³-hybridized carbons (Fsp3) is 0.0476. The summed E-state index contributed by atoms with van der Waals surface area (Å²) in [4.78, 5) is 24.6. The van der Waals surface area contributed by atoms with Gasteiger partial charge >= 0.3 is 5.97 Å². The second-order valence-electron chi connectivity index (χ2n) is 5.20. The van der Waals surface area contributed by atoms with Gasteiger partial charge in [-0.05, 0) is 29.8 Å². The van der Waals surface area contributed by atoms with Crippen molar-refractivity contribution in [3.8, 4) is 0 Å². The number of esters is 1. The van der Waals surface area contributed by atoms with Crippen LogP contribution in [0.2, 0.25) is 0 Å². The van der Waals surface area contributed by atoms with Gasteiger partial charge in [0.1, 0.15) is 12.3 Å². The van der Waals surface area contributed by atoms with E-state index in [0.717, 1.165) is 10.0 Å². The van der Waals surface area contributed by atoms with E-state index < -0.39 is 11.9 Å². The number of halogens is 1. The summed E-state index contributed by atoms with van der Waals surface area (Å²) in [5, 5.41) is 2.60. The van der Waals surface area contributed by atoms with Crippen LogP contribution >= 0.6 is 15.9 Å². The Hall–Kier alpha value is -2.92. The van der Waals surface area contributed by atoms with Gasteiger partial charge in [-0.2, -0.15) is 0 Å². The summed E-state index contributed by atoms with van der Waals surface area (Å²) in [6.45, 7) is 3.57. The molecule has 2 rings (SSSR count). The van der Waals surface area contributed by atoms with Crippen molar-refractivity contribution in [3.63, 3.8) is 0 Å². The lowest BCUT2D eigenvalue weighted by atomic mass is 10.2. The smallest absolute Gasteiger partial charge is 0.355 e. The van der Waals surface area contributed by atoms with Crippen LogP contribution in [0.3, 0.4) is 0 Å². The van der Waals surface area contributed by atoms with Crippen LogP contribution < -0.4 is 5.32 Å². The van der Waals surface area contributed by atoms with Gasteiger partial charge in [0.2, 0.25) is 0 Å². The molecule has 0 saturated carbocycles. The molecule has 0 spiro atoms. The SMILES string of the molecule is C=CCOC(=O)C(=CC=Cc1ccccc1)NC(=O)c1cccc(Br)c1. The van der Waals surface area contributed by atoms with Crippen LogP contribution in [0.5, 0.6) is 0 Å². The van der Waals surface area contributed by atoms with Gasteiger partial charge < -0.3 is 10.1 Å². The second-order valence-corrected chi connectivity index (χ2v) is 6.12. The molecule has 0 heterocycles. The maximum Gasteiger partial charge on any atom is 0.355 e. The summed E-state index contributed by atoms with van der Waals surface area (Å²) in [7, 11) is 0. The molecule has 1 N–H and O–H groups in total. The highest BCUT2D eigenvalue weighted by molar-refractivity contribution is 9.10. The third-order valence-electron chi connectivity index (χ3n) is 3.24. The van der Waals surface area contributed by atoms with Crippen molar-refractivity contribution in [2.75, 3.05) is 6.61 Å². The van der Waals surface area contributed by atoms with Crippen LogP contribution in [-0.4, -0.2) is 18.5 Å². The van der Waals surface area contributed by atoms with E-state index in [9.17, 15) is 9.59 Å². The summed E-state index contributed by atoms with van der Waals surface area (Å²) >= 11 is 3.32. The molecule has 132 valence electrons. The molecule has 0 atom stereocenters. The van der Waals surface area contributed by atoms with Gasteiger partial charge in [0.25, 0.3) is 5.91 Å². The molecule has 0 aromatic heterocycles. The van der Waals surface area contributed by atoms with E-state index in [1.54, 1.807) is 24.3 Å². The standard InChI is InChI=1S/C21H18BrNO3/c1-2-14-26-21(25)19(13-6-10-16-8-4-3-5-9-16)23-20(24)17-11-7-12-18(22)15-17/h2-13,15H,1,14H2,(H,23,24). The number of allylic oxidation sites excluding steroid dienone is 2. The van der Waals surface area contributed by atoms with Gasteiger partial charge in [-0.15, -0.1) is 0 Å². The highest BCUT2D eigenvalue weighted by Crippen LogP contribution is 2.12. The minimum atomic E-state index is -0.633. The van der Waals surface area contributed by atoms with Crippen molar-refractivity contribution in [2.45, 2.75) is 0 Å². The van der Waals surface area contributed by atoms with Crippen molar-refractivity contribution in [1.82, 2.24) is 5.32 Å².